The lowest BCUT2D eigenvalue weighted by molar-refractivity contribution is 0.313. The maximum absolute atomic E-state index is 4.11. The van der Waals surface area contributed by atoms with E-state index < -0.39 is 0 Å². The monoisotopic (exact) mass is 141 g/mol. The van der Waals surface area contributed by atoms with Gasteiger partial charge in [0.1, 0.15) is 0 Å². The van der Waals surface area contributed by atoms with Crippen molar-refractivity contribution >= 4 is 0 Å². The topological polar surface area (TPSA) is 0 Å². The molecule has 0 heterocycles. The standard InChI is InChI=1S/C10H21/c1-6-7-9(2)8-10(3,4)5/h9H,2,6-8H2,1,3-5H3. The van der Waals surface area contributed by atoms with Crippen molar-refractivity contribution in [3.05, 3.63) is 6.92 Å². The summed E-state index contributed by atoms with van der Waals surface area (Å²) in [5.41, 5.74) is 0.460. The molecule has 1 unspecified atom stereocenters. The zero-order chi connectivity index (χ0) is 8.20. The molecule has 0 nitrogen and oxygen atoms in total. The molecule has 0 aliphatic rings. The van der Waals surface area contributed by atoms with Crippen LogP contribution in [-0.4, -0.2) is 0 Å². The molecule has 0 aliphatic heterocycles. The van der Waals surface area contributed by atoms with E-state index >= 15 is 0 Å². The third kappa shape index (κ3) is 6.12. The molecule has 0 bridgehead atoms. The minimum Gasteiger partial charge on any atom is -0.0654 e. The minimum absolute atomic E-state index is 0.460. The SMILES string of the molecule is [CH2]C(CCC)CC(C)(C)C. The normalized spacial score (nSPS) is 15.3. The molecule has 0 aromatic rings. The first kappa shape index (κ1) is 10.0. The van der Waals surface area contributed by atoms with Crippen LogP contribution in [0.25, 0.3) is 0 Å². The van der Waals surface area contributed by atoms with E-state index in [1.165, 1.54) is 19.3 Å². The quantitative estimate of drug-likeness (QED) is 0.562. The van der Waals surface area contributed by atoms with Gasteiger partial charge in [-0.25, -0.2) is 0 Å². The van der Waals surface area contributed by atoms with Crippen molar-refractivity contribution < 1.29 is 0 Å². The average Bonchev–Trinajstić information content (AvgIpc) is 1.59. The van der Waals surface area contributed by atoms with Crippen LogP contribution in [0.15, 0.2) is 0 Å². The van der Waals surface area contributed by atoms with E-state index in [0.717, 1.165) is 0 Å². The average molecular weight is 141 g/mol. The Morgan fingerprint density at radius 1 is 1.30 bits per heavy atom. The zero-order valence-electron chi connectivity index (χ0n) is 7.91. The molecule has 0 rings (SSSR count). The van der Waals surface area contributed by atoms with Crippen LogP contribution in [0.1, 0.15) is 47.0 Å². The molecule has 0 amide bonds. The van der Waals surface area contributed by atoms with Crippen LogP contribution in [0.4, 0.5) is 0 Å². The van der Waals surface area contributed by atoms with Gasteiger partial charge in [-0.1, -0.05) is 47.5 Å². The van der Waals surface area contributed by atoms with Gasteiger partial charge in [-0.3, -0.25) is 0 Å². The third-order valence-corrected chi connectivity index (χ3v) is 1.60. The predicted molar refractivity (Wildman–Crippen MR) is 47.8 cm³/mol. The van der Waals surface area contributed by atoms with Crippen molar-refractivity contribution in [1.82, 2.24) is 0 Å². The van der Waals surface area contributed by atoms with Crippen molar-refractivity contribution in [3.63, 3.8) is 0 Å². The van der Waals surface area contributed by atoms with Gasteiger partial charge < -0.3 is 0 Å². The molecule has 61 valence electrons. The molecular formula is C10H21. The maximum Gasteiger partial charge on any atom is -0.0380 e. The van der Waals surface area contributed by atoms with Crippen LogP contribution in [0.3, 0.4) is 0 Å². The largest absolute Gasteiger partial charge is 0.0654 e. The highest BCUT2D eigenvalue weighted by Gasteiger charge is 2.13. The molecule has 0 aliphatic carbocycles. The lowest BCUT2D eigenvalue weighted by Crippen LogP contribution is -2.10. The molecule has 0 aromatic carbocycles. The van der Waals surface area contributed by atoms with Crippen molar-refractivity contribution in [2.45, 2.75) is 47.0 Å². The van der Waals surface area contributed by atoms with Gasteiger partial charge >= 0.3 is 0 Å². The molecule has 0 fully saturated rings. The lowest BCUT2D eigenvalue weighted by Gasteiger charge is -2.22. The van der Waals surface area contributed by atoms with E-state index in [9.17, 15) is 0 Å². The van der Waals surface area contributed by atoms with Crippen molar-refractivity contribution in [2.75, 3.05) is 0 Å². The highest BCUT2D eigenvalue weighted by Crippen LogP contribution is 2.25. The lowest BCUT2D eigenvalue weighted by atomic mass is 9.84. The molecule has 1 radical (unpaired) electrons. The first-order chi connectivity index (χ1) is 4.45. The maximum atomic E-state index is 4.11. The van der Waals surface area contributed by atoms with Gasteiger partial charge in [-0.15, -0.1) is 0 Å². The second-order valence-electron chi connectivity index (χ2n) is 4.42. The summed E-state index contributed by atoms with van der Waals surface area (Å²) in [4.78, 5) is 0. The Kier molecular flexibility index (Phi) is 4.00. The van der Waals surface area contributed by atoms with Crippen molar-refractivity contribution in [2.24, 2.45) is 11.3 Å². The second-order valence-corrected chi connectivity index (χ2v) is 4.42. The van der Waals surface area contributed by atoms with Gasteiger partial charge in [-0.2, -0.15) is 0 Å². The highest BCUT2D eigenvalue weighted by molar-refractivity contribution is 4.70. The predicted octanol–water partition coefficient (Wildman–Crippen LogP) is 3.67. The molecule has 1 atom stereocenters. The van der Waals surface area contributed by atoms with Crippen LogP contribution < -0.4 is 0 Å². The number of hydrogen-bond donors (Lipinski definition) is 0. The Hall–Kier alpha value is 0. The molecule has 0 saturated carbocycles. The third-order valence-electron chi connectivity index (χ3n) is 1.60. The first-order valence-electron chi connectivity index (χ1n) is 4.29. The molecule has 0 aromatic heterocycles. The van der Waals surface area contributed by atoms with E-state index in [4.69, 9.17) is 0 Å². The number of rotatable bonds is 3. The van der Waals surface area contributed by atoms with Crippen LogP contribution >= 0.6 is 0 Å². The van der Waals surface area contributed by atoms with Gasteiger partial charge in [0.25, 0.3) is 0 Å². The Labute approximate surface area is 66.0 Å². The fourth-order valence-corrected chi connectivity index (χ4v) is 1.38. The van der Waals surface area contributed by atoms with Gasteiger partial charge in [0.2, 0.25) is 0 Å². The Balaban J connectivity index is 3.47. The smallest absolute Gasteiger partial charge is 0.0380 e. The van der Waals surface area contributed by atoms with Gasteiger partial charge in [0.15, 0.2) is 0 Å². The Bertz CT molecular complexity index is 76.5. The molecule has 0 N–H and O–H groups in total. The van der Waals surface area contributed by atoms with Gasteiger partial charge in [0.05, 0.1) is 0 Å². The molecule has 10 heavy (non-hydrogen) atoms. The second kappa shape index (κ2) is 4.00. The zero-order valence-corrected chi connectivity index (χ0v) is 7.91. The van der Waals surface area contributed by atoms with E-state index in [2.05, 4.69) is 34.6 Å². The molecule has 0 spiro atoms. The van der Waals surface area contributed by atoms with Crippen molar-refractivity contribution in [3.8, 4) is 0 Å². The van der Waals surface area contributed by atoms with E-state index in [0.29, 0.717) is 11.3 Å². The van der Waals surface area contributed by atoms with Gasteiger partial charge in [0, 0.05) is 0 Å². The fraction of sp³-hybridized carbons (Fsp3) is 0.900. The summed E-state index contributed by atoms with van der Waals surface area (Å²) in [7, 11) is 0. The summed E-state index contributed by atoms with van der Waals surface area (Å²) in [6, 6.07) is 0. The highest BCUT2D eigenvalue weighted by atomic mass is 14.2. The first-order valence-corrected chi connectivity index (χ1v) is 4.29. The van der Waals surface area contributed by atoms with Crippen LogP contribution in [0.2, 0.25) is 0 Å². The summed E-state index contributed by atoms with van der Waals surface area (Å²) in [5, 5.41) is 0. The Morgan fingerprint density at radius 3 is 2.10 bits per heavy atom. The summed E-state index contributed by atoms with van der Waals surface area (Å²) < 4.78 is 0. The summed E-state index contributed by atoms with van der Waals surface area (Å²) in [6.45, 7) is 13.2. The van der Waals surface area contributed by atoms with Gasteiger partial charge in [-0.05, 0) is 17.8 Å². The van der Waals surface area contributed by atoms with E-state index in [1.807, 2.05) is 0 Å². The summed E-state index contributed by atoms with van der Waals surface area (Å²) in [6.07, 6.45) is 3.79. The molecule has 0 saturated heterocycles. The minimum atomic E-state index is 0.460. The molecular weight excluding hydrogens is 120 g/mol. The van der Waals surface area contributed by atoms with E-state index in [-0.39, 0.29) is 0 Å². The summed E-state index contributed by atoms with van der Waals surface area (Å²) in [5.74, 6) is 0.657. The van der Waals surface area contributed by atoms with Crippen molar-refractivity contribution in [1.29, 1.82) is 0 Å². The fourth-order valence-electron chi connectivity index (χ4n) is 1.38. The van der Waals surface area contributed by atoms with E-state index in [1.54, 1.807) is 0 Å². The van der Waals surface area contributed by atoms with Crippen LogP contribution in [-0.2, 0) is 0 Å². The summed E-state index contributed by atoms with van der Waals surface area (Å²) >= 11 is 0. The number of hydrogen-bond acceptors (Lipinski definition) is 0. The Morgan fingerprint density at radius 2 is 1.80 bits per heavy atom. The molecule has 0 heteroatoms. The van der Waals surface area contributed by atoms with Crippen LogP contribution in [0.5, 0.6) is 0 Å². The van der Waals surface area contributed by atoms with Crippen LogP contribution in [0, 0.1) is 18.3 Å².